The molecule has 2 heterocycles. The number of nitrogens with zero attached hydrogens (tertiary/aromatic N) is 5. The number of hydrogen-bond acceptors (Lipinski definition) is 7. The second kappa shape index (κ2) is 6.80. The number of methoxy groups -OCH3 is 1. The van der Waals surface area contributed by atoms with Crippen molar-refractivity contribution >= 4 is 11.9 Å². The molecular weight excluding hydrogens is 258 g/mol. The average Bonchev–Trinajstić information content (AvgIpc) is 2.93. The molecule has 2 aromatic rings. The third-order valence-corrected chi connectivity index (χ3v) is 2.46. The molecule has 0 saturated heterocycles. The zero-order chi connectivity index (χ0) is 14.4. The van der Waals surface area contributed by atoms with Gasteiger partial charge in [0.05, 0.1) is 6.61 Å². The third-order valence-electron chi connectivity index (χ3n) is 2.46. The smallest absolute Gasteiger partial charge is 0.257 e. The predicted molar refractivity (Wildman–Crippen MR) is 76.1 cm³/mol. The first-order valence-corrected chi connectivity index (χ1v) is 6.48. The Morgan fingerprint density at radius 2 is 2.10 bits per heavy atom. The van der Waals surface area contributed by atoms with E-state index in [9.17, 15) is 0 Å². The Labute approximate surface area is 117 Å². The summed E-state index contributed by atoms with van der Waals surface area (Å²) in [5.74, 6) is 1.47. The monoisotopic (exact) mass is 277 g/mol. The van der Waals surface area contributed by atoms with Crippen molar-refractivity contribution in [3.05, 3.63) is 18.5 Å². The Morgan fingerprint density at radius 3 is 2.75 bits per heavy atom. The molecule has 20 heavy (non-hydrogen) atoms. The Hall–Kier alpha value is -2.22. The van der Waals surface area contributed by atoms with Crippen molar-refractivity contribution in [2.75, 3.05) is 30.9 Å². The number of rotatable bonds is 7. The van der Waals surface area contributed by atoms with E-state index < -0.39 is 0 Å². The van der Waals surface area contributed by atoms with E-state index >= 15 is 0 Å². The van der Waals surface area contributed by atoms with Crippen LogP contribution in [0.25, 0.3) is 5.95 Å². The number of anilines is 2. The largest absolute Gasteiger partial charge is 0.383 e. The number of aromatic nitrogens is 5. The second-order valence-corrected chi connectivity index (χ2v) is 4.26. The van der Waals surface area contributed by atoms with Crippen molar-refractivity contribution in [2.45, 2.75) is 19.9 Å². The van der Waals surface area contributed by atoms with Crippen LogP contribution >= 0.6 is 0 Å². The highest BCUT2D eigenvalue weighted by Gasteiger charge is 2.10. The molecule has 0 spiro atoms. The lowest BCUT2D eigenvalue weighted by Gasteiger charge is -2.14. The predicted octanol–water partition coefficient (Wildman–Crippen LogP) is 0.936. The van der Waals surface area contributed by atoms with Gasteiger partial charge in [0.1, 0.15) is 0 Å². The van der Waals surface area contributed by atoms with Crippen LogP contribution in [-0.4, -0.2) is 51.0 Å². The van der Waals surface area contributed by atoms with Gasteiger partial charge in [-0.15, -0.1) is 0 Å². The molecule has 0 amide bonds. The lowest BCUT2D eigenvalue weighted by Crippen LogP contribution is -2.23. The molecule has 0 aliphatic rings. The zero-order valence-corrected chi connectivity index (χ0v) is 11.9. The molecule has 0 aliphatic carbocycles. The highest BCUT2D eigenvalue weighted by atomic mass is 16.5. The van der Waals surface area contributed by atoms with E-state index in [1.807, 2.05) is 19.9 Å². The molecule has 1 atom stereocenters. The fourth-order valence-corrected chi connectivity index (χ4v) is 1.67. The molecule has 1 unspecified atom stereocenters. The first-order valence-electron chi connectivity index (χ1n) is 6.48. The maximum atomic E-state index is 5.09. The van der Waals surface area contributed by atoms with Crippen molar-refractivity contribution in [1.82, 2.24) is 24.7 Å². The van der Waals surface area contributed by atoms with Gasteiger partial charge in [-0.2, -0.15) is 20.1 Å². The van der Waals surface area contributed by atoms with Crippen molar-refractivity contribution in [3.63, 3.8) is 0 Å². The number of nitrogens with one attached hydrogen (secondary N) is 2. The summed E-state index contributed by atoms with van der Waals surface area (Å²) in [6.45, 7) is 5.28. The van der Waals surface area contributed by atoms with E-state index in [1.54, 1.807) is 24.2 Å². The average molecular weight is 277 g/mol. The van der Waals surface area contributed by atoms with Crippen LogP contribution < -0.4 is 10.6 Å². The standard InChI is InChI=1S/C12H19N7O/c1-4-13-10-16-11(15-9(2)8-20-3)18-12(17-10)19-7-5-6-14-19/h5-7,9H,4,8H2,1-3H3,(H2,13,15,16,17,18). The summed E-state index contributed by atoms with van der Waals surface area (Å²) in [6.07, 6.45) is 3.46. The summed E-state index contributed by atoms with van der Waals surface area (Å²) in [4.78, 5) is 13.0. The Morgan fingerprint density at radius 1 is 1.30 bits per heavy atom. The second-order valence-electron chi connectivity index (χ2n) is 4.26. The molecule has 0 aliphatic heterocycles. The van der Waals surface area contributed by atoms with Gasteiger partial charge in [0, 0.05) is 32.1 Å². The Kier molecular flexibility index (Phi) is 4.83. The first-order chi connectivity index (χ1) is 9.72. The third kappa shape index (κ3) is 3.64. The Bertz CT molecular complexity index is 529. The van der Waals surface area contributed by atoms with Crippen molar-refractivity contribution < 1.29 is 4.74 Å². The van der Waals surface area contributed by atoms with Gasteiger partial charge < -0.3 is 15.4 Å². The van der Waals surface area contributed by atoms with Gasteiger partial charge in [-0.1, -0.05) is 0 Å². The minimum atomic E-state index is 0.0994. The van der Waals surface area contributed by atoms with Crippen LogP contribution in [0, 0.1) is 0 Å². The van der Waals surface area contributed by atoms with Gasteiger partial charge in [0.25, 0.3) is 5.95 Å². The summed E-state index contributed by atoms with van der Waals surface area (Å²) < 4.78 is 6.68. The lowest BCUT2D eigenvalue weighted by molar-refractivity contribution is 0.190. The van der Waals surface area contributed by atoms with Gasteiger partial charge in [-0.25, -0.2) is 4.68 Å². The molecule has 0 saturated carbocycles. The highest BCUT2D eigenvalue weighted by molar-refractivity contribution is 5.38. The maximum Gasteiger partial charge on any atom is 0.257 e. The minimum Gasteiger partial charge on any atom is -0.383 e. The summed E-state index contributed by atoms with van der Waals surface area (Å²) in [5, 5.41) is 10.4. The molecule has 0 fully saturated rings. The highest BCUT2D eigenvalue weighted by Crippen LogP contribution is 2.09. The molecule has 2 N–H and O–H groups in total. The number of hydrogen-bond donors (Lipinski definition) is 2. The summed E-state index contributed by atoms with van der Waals surface area (Å²) >= 11 is 0. The van der Waals surface area contributed by atoms with Gasteiger partial charge in [0.2, 0.25) is 11.9 Å². The van der Waals surface area contributed by atoms with Crippen LogP contribution in [0.2, 0.25) is 0 Å². The lowest BCUT2D eigenvalue weighted by atomic mass is 10.4. The van der Waals surface area contributed by atoms with Crippen LogP contribution in [0.15, 0.2) is 18.5 Å². The molecule has 0 aromatic carbocycles. The molecular formula is C12H19N7O. The van der Waals surface area contributed by atoms with Gasteiger partial charge in [0.15, 0.2) is 0 Å². The minimum absolute atomic E-state index is 0.0994. The topological polar surface area (TPSA) is 89.8 Å². The molecule has 0 bridgehead atoms. The van der Waals surface area contributed by atoms with E-state index in [0.29, 0.717) is 24.5 Å². The molecule has 0 radical (unpaired) electrons. The molecule has 2 aromatic heterocycles. The summed E-state index contributed by atoms with van der Waals surface area (Å²) in [7, 11) is 1.66. The van der Waals surface area contributed by atoms with Crippen molar-refractivity contribution in [3.8, 4) is 5.95 Å². The molecule has 108 valence electrons. The maximum absolute atomic E-state index is 5.09. The van der Waals surface area contributed by atoms with Crippen LogP contribution in [0.1, 0.15) is 13.8 Å². The van der Waals surface area contributed by atoms with E-state index in [-0.39, 0.29) is 6.04 Å². The van der Waals surface area contributed by atoms with E-state index in [2.05, 4.69) is 30.7 Å². The fourth-order valence-electron chi connectivity index (χ4n) is 1.67. The summed E-state index contributed by atoms with van der Waals surface area (Å²) in [5.41, 5.74) is 0. The van der Waals surface area contributed by atoms with E-state index in [4.69, 9.17) is 4.74 Å². The van der Waals surface area contributed by atoms with Crippen molar-refractivity contribution in [1.29, 1.82) is 0 Å². The van der Waals surface area contributed by atoms with Crippen LogP contribution in [0.3, 0.4) is 0 Å². The van der Waals surface area contributed by atoms with Crippen molar-refractivity contribution in [2.24, 2.45) is 0 Å². The van der Waals surface area contributed by atoms with E-state index in [0.717, 1.165) is 6.54 Å². The SMILES string of the molecule is CCNc1nc(NC(C)COC)nc(-n2cccn2)n1. The quantitative estimate of drug-likeness (QED) is 0.778. The van der Waals surface area contributed by atoms with E-state index in [1.165, 1.54) is 0 Å². The van der Waals surface area contributed by atoms with Gasteiger partial charge in [-0.3, -0.25) is 0 Å². The zero-order valence-electron chi connectivity index (χ0n) is 11.9. The summed E-state index contributed by atoms with van der Waals surface area (Å²) in [6, 6.07) is 1.92. The number of ether oxygens (including phenoxy) is 1. The molecule has 2 rings (SSSR count). The molecule has 8 nitrogen and oxygen atoms in total. The van der Waals surface area contributed by atoms with Crippen LogP contribution in [-0.2, 0) is 4.74 Å². The van der Waals surface area contributed by atoms with Gasteiger partial charge >= 0.3 is 0 Å². The Balaban J connectivity index is 2.26. The van der Waals surface area contributed by atoms with Crippen LogP contribution in [0.5, 0.6) is 0 Å². The molecule has 8 heteroatoms. The van der Waals surface area contributed by atoms with Gasteiger partial charge in [-0.05, 0) is 19.9 Å². The first kappa shape index (κ1) is 14.2. The normalized spacial score (nSPS) is 12.2. The fraction of sp³-hybridized carbons (Fsp3) is 0.500. The van der Waals surface area contributed by atoms with Crippen LogP contribution in [0.4, 0.5) is 11.9 Å².